The predicted octanol–water partition coefficient (Wildman–Crippen LogP) is 8.71. The molecule has 0 saturated carbocycles. The molecule has 0 radical (unpaired) electrons. The van der Waals surface area contributed by atoms with Gasteiger partial charge in [-0.2, -0.15) is 0 Å². The van der Waals surface area contributed by atoms with Gasteiger partial charge >= 0.3 is 0 Å². The van der Waals surface area contributed by atoms with Gasteiger partial charge in [0.2, 0.25) is 0 Å². The van der Waals surface area contributed by atoms with Crippen LogP contribution < -0.4 is 5.32 Å². The number of halogens is 1. The highest BCUT2D eigenvalue weighted by Crippen LogP contribution is 2.30. The molecule has 0 aliphatic carbocycles. The fourth-order valence-corrected chi connectivity index (χ4v) is 4.32. The maximum atomic E-state index is 3.58. The molecule has 0 spiro atoms. The number of rotatable bonds is 5. The van der Waals surface area contributed by atoms with Crippen molar-refractivity contribution in [2.45, 2.75) is 27.2 Å². The van der Waals surface area contributed by atoms with E-state index in [1.54, 1.807) is 0 Å². The highest BCUT2D eigenvalue weighted by atomic mass is 79.9. The van der Waals surface area contributed by atoms with Gasteiger partial charge in [-0.25, -0.2) is 0 Å². The van der Waals surface area contributed by atoms with E-state index < -0.39 is 0 Å². The lowest BCUT2D eigenvalue weighted by Crippen LogP contribution is -1.92. The van der Waals surface area contributed by atoms with Gasteiger partial charge in [-0.05, 0) is 90.0 Å². The molecule has 150 valence electrons. The summed E-state index contributed by atoms with van der Waals surface area (Å²) >= 11 is 3.58. The van der Waals surface area contributed by atoms with Crippen LogP contribution in [0, 0.1) is 13.8 Å². The maximum Gasteiger partial charge on any atom is 0.0384 e. The minimum Gasteiger partial charge on any atom is -0.356 e. The second-order valence-electron chi connectivity index (χ2n) is 7.75. The van der Waals surface area contributed by atoms with Crippen molar-refractivity contribution < 1.29 is 0 Å². The molecule has 1 nitrogen and oxygen atoms in total. The molecule has 30 heavy (non-hydrogen) atoms. The van der Waals surface area contributed by atoms with Crippen molar-refractivity contribution in [2.75, 3.05) is 5.32 Å². The van der Waals surface area contributed by atoms with Crippen LogP contribution in [0.3, 0.4) is 0 Å². The van der Waals surface area contributed by atoms with Gasteiger partial charge in [0.05, 0.1) is 0 Å². The Labute approximate surface area is 187 Å². The van der Waals surface area contributed by atoms with Gasteiger partial charge in [-0.15, -0.1) is 0 Å². The molecule has 2 heteroatoms. The lowest BCUT2D eigenvalue weighted by molar-refractivity contribution is 1.14. The lowest BCUT2D eigenvalue weighted by atomic mass is 9.98. The summed E-state index contributed by atoms with van der Waals surface area (Å²) in [7, 11) is 0. The number of hydrogen-bond donors (Lipinski definition) is 1. The van der Waals surface area contributed by atoms with Crippen LogP contribution >= 0.6 is 15.9 Å². The first-order valence-electron chi connectivity index (χ1n) is 10.4. The Balaban J connectivity index is 1.51. The summed E-state index contributed by atoms with van der Waals surface area (Å²) in [4.78, 5) is 0. The molecule has 0 atom stereocenters. The molecule has 0 fully saturated rings. The Morgan fingerprint density at radius 2 is 1.23 bits per heavy atom. The molecule has 0 aliphatic heterocycles. The van der Waals surface area contributed by atoms with Crippen LogP contribution in [-0.2, 0) is 6.42 Å². The predicted molar refractivity (Wildman–Crippen MR) is 134 cm³/mol. The third-order valence-electron chi connectivity index (χ3n) is 5.51. The Kier molecular flexibility index (Phi) is 6.06. The van der Waals surface area contributed by atoms with Gasteiger partial charge in [0.1, 0.15) is 0 Å². The first-order chi connectivity index (χ1) is 14.5. The average molecular weight is 456 g/mol. The van der Waals surface area contributed by atoms with E-state index in [0.29, 0.717) is 0 Å². The van der Waals surface area contributed by atoms with Gasteiger partial charge in [-0.1, -0.05) is 76.9 Å². The molecular formula is C28H26BrN. The maximum absolute atomic E-state index is 3.58. The van der Waals surface area contributed by atoms with Crippen molar-refractivity contribution >= 4 is 27.3 Å². The molecule has 1 N–H and O–H groups in total. The van der Waals surface area contributed by atoms with E-state index >= 15 is 0 Å². The minimum absolute atomic E-state index is 1.02. The molecule has 4 aromatic rings. The fourth-order valence-electron chi connectivity index (χ4n) is 3.91. The first-order valence-corrected chi connectivity index (χ1v) is 11.2. The minimum atomic E-state index is 1.02. The van der Waals surface area contributed by atoms with E-state index in [-0.39, 0.29) is 0 Å². The van der Waals surface area contributed by atoms with Gasteiger partial charge in [0.15, 0.2) is 0 Å². The van der Waals surface area contributed by atoms with Crippen LogP contribution in [0.15, 0.2) is 89.4 Å². The highest BCUT2D eigenvalue weighted by molar-refractivity contribution is 9.10. The summed E-state index contributed by atoms with van der Waals surface area (Å²) in [6.07, 6.45) is 1.02. The molecule has 4 aromatic carbocycles. The number of anilines is 2. The molecule has 0 aromatic heterocycles. The molecule has 0 heterocycles. The normalized spacial score (nSPS) is 10.8. The monoisotopic (exact) mass is 455 g/mol. The quantitative estimate of drug-likeness (QED) is 0.317. The lowest BCUT2D eigenvalue weighted by Gasteiger charge is -2.12. The van der Waals surface area contributed by atoms with Crippen molar-refractivity contribution in [3.63, 3.8) is 0 Å². The first kappa shape index (κ1) is 20.4. The van der Waals surface area contributed by atoms with Crippen molar-refractivity contribution in [2.24, 2.45) is 0 Å². The molecule has 0 bridgehead atoms. The Hall–Kier alpha value is -2.84. The van der Waals surface area contributed by atoms with Crippen LogP contribution in [0.1, 0.15) is 23.6 Å². The fraction of sp³-hybridized carbons (Fsp3) is 0.143. The number of aryl methyl sites for hydroxylation is 3. The zero-order valence-corrected chi connectivity index (χ0v) is 19.3. The zero-order chi connectivity index (χ0) is 21.1. The van der Waals surface area contributed by atoms with Crippen LogP contribution in [0.25, 0.3) is 22.3 Å². The van der Waals surface area contributed by atoms with E-state index in [4.69, 9.17) is 0 Å². The van der Waals surface area contributed by atoms with Gasteiger partial charge < -0.3 is 5.32 Å². The summed E-state index contributed by atoms with van der Waals surface area (Å²) < 4.78 is 1.13. The average Bonchev–Trinajstić information content (AvgIpc) is 2.75. The van der Waals surface area contributed by atoms with Crippen LogP contribution in [0.2, 0.25) is 0 Å². The number of benzene rings is 4. The second-order valence-corrected chi connectivity index (χ2v) is 8.67. The summed E-state index contributed by atoms with van der Waals surface area (Å²) in [5.41, 5.74) is 11.2. The topological polar surface area (TPSA) is 12.0 Å². The van der Waals surface area contributed by atoms with Crippen molar-refractivity contribution in [3.05, 3.63) is 106 Å². The van der Waals surface area contributed by atoms with E-state index in [1.807, 2.05) is 0 Å². The number of nitrogens with one attached hydrogen (secondary N) is 1. The van der Waals surface area contributed by atoms with E-state index in [0.717, 1.165) is 22.3 Å². The molecule has 4 rings (SSSR count). The van der Waals surface area contributed by atoms with Crippen molar-refractivity contribution in [1.82, 2.24) is 0 Å². The second kappa shape index (κ2) is 8.89. The molecule has 0 saturated heterocycles. The van der Waals surface area contributed by atoms with Gasteiger partial charge in [-0.3, -0.25) is 0 Å². The summed E-state index contributed by atoms with van der Waals surface area (Å²) in [6.45, 7) is 6.50. The Morgan fingerprint density at radius 1 is 0.667 bits per heavy atom. The largest absolute Gasteiger partial charge is 0.356 e. The smallest absolute Gasteiger partial charge is 0.0384 e. The SMILES string of the molecule is CCc1cc(Br)ccc1-c1ccc(Nc2ccc(-c3ccc(C)cc3C)cc2)cc1. The molecule has 0 aliphatic rings. The zero-order valence-electron chi connectivity index (χ0n) is 17.7. The third-order valence-corrected chi connectivity index (χ3v) is 6.00. The molecule has 0 amide bonds. The molecule has 0 unspecified atom stereocenters. The van der Waals surface area contributed by atoms with Crippen LogP contribution in [0.4, 0.5) is 11.4 Å². The highest BCUT2D eigenvalue weighted by Gasteiger charge is 2.06. The number of hydrogen-bond acceptors (Lipinski definition) is 1. The standard InChI is InChI=1S/C28H26BrN/c1-4-21-18-24(29)10-16-28(21)23-8-13-26(14-9-23)30-25-11-6-22(7-12-25)27-15-5-19(2)17-20(27)3/h5-18,30H,4H2,1-3H3. The van der Waals surface area contributed by atoms with E-state index in [2.05, 4.69) is 127 Å². The van der Waals surface area contributed by atoms with E-state index in [9.17, 15) is 0 Å². The summed E-state index contributed by atoms with van der Waals surface area (Å²) in [5.74, 6) is 0. The third kappa shape index (κ3) is 4.49. The van der Waals surface area contributed by atoms with Gasteiger partial charge in [0.25, 0.3) is 0 Å². The Bertz CT molecular complexity index is 1160. The van der Waals surface area contributed by atoms with Crippen LogP contribution in [0.5, 0.6) is 0 Å². The van der Waals surface area contributed by atoms with Crippen molar-refractivity contribution in [1.29, 1.82) is 0 Å². The molecular weight excluding hydrogens is 430 g/mol. The van der Waals surface area contributed by atoms with Crippen LogP contribution in [-0.4, -0.2) is 0 Å². The summed E-state index contributed by atoms with van der Waals surface area (Å²) in [5, 5.41) is 3.52. The van der Waals surface area contributed by atoms with E-state index in [1.165, 1.54) is 38.9 Å². The van der Waals surface area contributed by atoms with Crippen molar-refractivity contribution in [3.8, 4) is 22.3 Å². The summed E-state index contributed by atoms with van der Waals surface area (Å²) in [6, 6.07) is 30.5. The van der Waals surface area contributed by atoms with Gasteiger partial charge in [0, 0.05) is 15.8 Å². The Morgan fingerprint density at radius 3 is 1.80 bits per heavy atom.